The Morgan fingerprint density at radius 2 is 1.56 bits per heavy atom. The van der Waals surface area contributed by atoms with Crippen LogP contribution in [-0.2, 0) is 19.7 Å². The highest BCUT2D eigenvalue weighted by Gasteiger charge is 2.28. The Bertz CT molecular complexity index is 1740. The second-order valence-corrected chi connectivity index (χ2v) is 14.9. The van der Waals surface area contributed by atoms with Gasteiger partial charge in [-0.3, -0.25) is 4.72 Å². The highest BCUT2D eigenvalue weighted by atomic mass is 35.5. The summed E-state index contributed by atoms with van der Waals surface area (Å²) in [6, 6.07) is 12.2. The number of hydrogen-bond donors (Lipinski definition) is 4. The van der Waals surface area contributed by atoms with E-state index in [1.807, 2.05) is 43.7 Å². The SMILES string of the molecule is COc1cc(C2CCN(C(=O)OC(C)(C)C)CC2)ccc1Nc1ncc(Cl)c(Nc2ccccc2NS(=O)(=O)NC(=O)OC(C)(C)C)n1. The molecule has 0 atom stereocenters. The van der Waals surface area contributed by atoms with Gasteiger partial charge in [-0.25, -0.2) is 19.3 Å². The van der Waals surface area contributed by atoms with Crippen molar-refractivity contribution in [3.63, 3.8) is 0 Å². The molecule has 260 valence electrons. The first kappa shape index (κ1) is 36.3. The minimum Gasteiger partial charge on any atom is -0.495 e. The Morgan fingerprint density at radius 1 is 0.917 bits per heavy atom. The molecule has 0 aliphatic carbocycles. The van der Waals surface area contributed by atoms with E-state index >= 15 is 0 Å². The number of nitrogens with zero attached hydrogens (tertiary/aromatic N) is 3. The predicted octanol–water partition coefficient (Wildman–Crippen LogP) is 6.92. The lowest BCUT2D eigenvalue weighted by atomic mass is 9.89. The number of halogens is 1. The topological polar surface area (TPSA) is 173 Å². The zero-order valence-corrected chi connectivity index (χ0v) is 29.6. The molecular weight excluding hydrogens is 662 g/mol. The fourth-order valence-electron chi connectivity index (χ4n) is 4.81. The number of likely N-dealkylation sites (tertiary alicyclic amines) is 1. The molecule has 2 aromatic carbocycles. The third kappa shape index (κ3) is 10.5. The number of hydrogen-bond acceptors (Lipinski definition) is 11. The Balaban J connectivity index is 1.45. The van der Waals surface area contributed by atoms with Gasteiger partial charge in [-0.2, -0.15) is 13.4 Å². The zero-order chi connectivity index (χ0) is 35.3. The second kappa shape index (κ2) is 14.7. The number of anilines is 5. The van der Waals surface area contributed by atoms with Crippen LogP contribution in [0.5, 0.6) is 5.75 Å². The van der Waals surface area contributed by atoms with E-state index in [-0.39, 0.29) is 34.5 Å². The largest absolute Gasteiger partial charge is 0.495 e. The Labute approximate surface area is 286 Å². The van der Waals surface area contributed by atoms with Gasteiger partial charge in [0.1, 0.15) is 22.0 Å². The molecule has 0 bridgehead atoms. The standard InChI is InChI=1S/C32H42ClN7O7S/c1-31(2,3)46-29(41)39-48(43,44)38-24-11-9-8-10-23(24)35-27-22(33)19-34-28(37-27)36-25-13-12-21(18-26(25)45-7)20-14-16-40(17-15-20)30(42)47-32(4,5)6/h8-13,18-20,38H,14-17H2,1-7H3,(H,39,41)(H2,34,35,36,37). The Kier molecular flexibility index (Phi) is 11.1. The van der Waals surface area contributed by atoms with Crippen molar-refractivity contribution in [1.29, 1.82) is 0 Å². The molecule has 0 saturated carbocycles. The summed E-state index contributed by atoms with van der Waals surface area (Å²) in [7, 11) is -2.77. The van der Waals surface area contributed by atoms with Crippen LogP contribution in [0.3, 0.4) is 0 Å². The van der Waals surface area contributed by atoms with Crippen molar-refractivity contribution in [2.75, 3.05) is 35.6 Å². The lowest BCUT2D eigenvalue weighted by molar-refractivity contribution is 0.0204. The molecule has 14 nitrogen and oxygen atoms in total. The summed E-state index contributed by atoms with van der Waals surface area (Å²) in [6.45, 7) is 11.6. The third-order valence-electron chi connectivity index (χ3n) is 6.88. The molecule has 1 aromatic heterocycles. The average molecular weight is 704 g/mol. The molecule has 3 aromatic rings. The van der Waals surface area contributed by atoms with Crippen molar-refractivity contribution in [2.45, 2.75) is 71.5 Å². The monoisotopic (exact) mass is 703 g/mol. The molecular formula is C32H42ClN7O7S. The van der Waals surface area contributed by atoms with Crippen LogP contribution in [0, 0.1) is 0 Å². The van der Waals surface area contributed by atoms with Crippen molar-refractivity contribution >= 4 is 62.8 Å². The highest BCUT2D eigenvalue weighted by molar-refractivity contribution is 7.91. The molecule has 1 saturated heterocycles. The van der Waals surface area contributed by atoms with E-state index in [0.717, 1.165) is 18.4 Å². The van der Waals surface area contributed by atoms with Crippen molar-refractivity contribution in [3.8, 4) is 5.75 Å². The summed E-state index contributed by atoms with van der Waals surface area (Å²) in [5.74, 6) is 1.20. The first-order chi connectivity index (χ1) is 22.4. The summed E-state index contributed by atoms with van der Waals surface area (Å²) >= 11 is 6.41. The minimum absolute atomic E-state index is 0.118. The summed E-state index contributed by atoms with van der Waals surface area (Å²) < 4.78 is 45.7. The van der Waals surface area contributed by atoms with E-state index in [0.29, 0.717) is 30.2 Å². The van der Waals surface area contributed by atoms with Crippen molar-refractivity contribution in [3.05, 3.63) is 59.2 Å². The number of carbonyl (C=O) groups excluding carboxylic acids is 2. The molecule has 1 aliphatic heterocycles. The fraction of sp³-hybridized carbons (Fsp3) is 0.438. The highest BCUT2D eigenvalue weighted by Crippen LogP contribution is 2.36. The van der Waals surface area contributed by atoms with Gasteiger partial charge in [-0.05, 0) is 90.1 Å². The van der Waals surface area contributed by atoms with E-state index in [9.17, 15) is 18.0 Å². The van der Waals surface area contributed by atoms with Crippen LogP contribution < -0.4 is 24.8 Å². The van der Waals surface area contributed by atoms with Gasteiger partial charge in [0.25, 0.3) is 0 Å². The molecule has 4 rings (SSSR count). The fourth-order valence-corrected chi connectivity index (χ4v) is 5.73. The normalized spacial score (nSPS) is 14.1. The molecule has 0 spiro atoms. The summed E-state index contributed by atoms with van der Waals surface area (Å²) in [4.78, 5) is 35.0. The first-order valence-corrected chi connectivity index (χ1v) is 17.1. The van der Waals surface area contributed by atoms with Crippen LogP contribution in [0.1, 0.15) is 65.9 Å². The van der Waals surface area contributed by atoms with E-state index in [4.69, 9.17) is 25.8 Å². The number of aromatic nitrogens is 2. The maximum Gasteiger partial charge on any atom is 0.422 e. The molecule has 0 unspecified atom stereocenters. The Hall–Kier alpha value is -4.50. The maximum absolute atomic E-state index is 12.7. The molecule has 2 amide bonds. The van der Waals surface area contributed by atoms with Crippen molar-refractivity contribution in [1.82, 2.24) is 19.6 Å². The minimum atomic E-state index is -4.34. The molecule has 48 heavy (non-hydrogen) atoms. The number of nitrogens with one attached hydrogen (secondary N) is 4. The predicted molar refractivity (Wildman–Crippen MR) is 185 cm³/mol. The molecule has 1 fully saturated rings. The number of carbonyl (C=O) groups is 2. The van der Waals surface area contributed by atoms with E-state index in [1.165, 1.54) is 12.3 Å². The third-order valence-corrected chi connectivity index (χ3v) is 8.08. The van der Waals surface area contributed by atoms with E-state index in [2.05, 4.69) is 25.3 Å². The number of amides is 2. The van der Waals surface area contributed by atoms with Crippen LogP contribution in [0.2, 0.25) is 5.02 Å². The van der Waals surface area contributed by atoms with Gasteiger partial charge in [0.2, 0.25) is 5.95 Å². The van der Waals surface area contributed by atoms with Gasteiger partial charge >= 0.3 is 22.4 Å². The number of rotatable bonds is 9. The summed E-state index contributed by atoms with van der Waals surface area (Å²) in [6.07, 6.45) is 1.56. The quantitative estimate of drug-likeness (QED) is 0.182. The van der Waals surface area contributed by atoms with Crippen LogP contribution in [0.4, 0.5) is 38.4 Å². The average Bonchev–Trinajstić information content (AvgIpc) is 2.97. The van der Waals surface area contributed by atoms with Crippen molar-refractivity contribution in [2.24, 2.45) is 0 Å². The maximum atomic E-state index is 12.7. The molecule has 0 radical (unpaired) electrons. The number of ether oxygens (including phenoxy) is 3. The zero-order valence-electron chi connectivity index (χ0n) is 28.0. The number of piperidine rings is 1. The molecule has 4 N–H and O–H groups in total. The van der Waals surface area contributed by atoms with E-state index in [1.54, 1.807) is 51.0 Å². The summed E-state index contributed by atoms with van der Waals surface area (Å²) in [5.41, 5.74) is 0.693. The first-order valence-electron chi connectivity index (χ1n) is 15.3. The number of benzene rings is 2. The molecule has 2 heterocycles. The summed E-state index contributed by atoms with van der Waals surface area (Å²) in [5, 5.41) is 6.35. The van der Waals surface area contributed by atoms with Crippen LogP contribution in [0.25, 0.3) is 0 Å². The number of para-hydroxylation sites is 2. The number of methoxy groups -OCH3 is 1. The van der Waals surface area contributed by atoms with Crippen LogP contribution in [0.15, 0.2) is 48.7 Å². The van der Waals surface area contributed by atoms with Gasteiger partial charge in [-0.1, -0.05) is 29.8 Å². The van der Waals surface area contributed by atoms with Gasteiger partial charge in [-0.15, -0.1) is 0 Å². The molecule has 16 heteroatoms. The van der Waals surface area contributed by atoms with Gasteiger partial charge in [0.15, 0.2) is 5.82 Å². The van der Waals surface area contributed by atoms with Gasteiger partial charge in [0, 0.05) is 13.1 Å². The van der Waals surface area contributed by atoms with Gasteiger partial charge in [0.05, 0.1) is 30.4 Å². The van der Waals surface area contributed by atoms with E-state index < -0.39 is 27.5 Å². The van der Waals surface area contributed by atoms with Crippen LogP contribution in [-0.4, -0.2) is 66.9 Å². The van der Waals surface area contributed by atoms with Gasteiger partial charge < -0.3 is 29.7 Å². The van der Waals surface area contributed by atoms with Crippen LogP contribution >= 0.6 is 11.6 Å². The lowest BCUT2D eigenvalue weighted by Gasteiger charge is -2.33. The smallest absolute Gasteiger partial charge is 0.422 e. The Morgan fingerprint density at radius 3 is 2.19 bits per heavy atom. The lowest BCUT2D eigenvalue weighted by Crippen LogP contribution is -2.41. The second-order valence-electron chi connectivity index (χ2n) is 13.1. The molecule has 1 aliphatic rings. The van der Waals surface area contributed by atoms with Crippen molar-refractivity contribution < 1.29 is 32.2 Å².